The minimum Gasteiger partial charge on any atom is -0.462 e. The number of ether oxygens (including phenoxy) is 3. The van der Waals surface area contributed by atoms with Crippen LogP contribution in [0.1, 0.15) is 298 Å². The van der Waals surface area contributed by atoms with Crippen molar-refractivity contribution in [3.8, 4) is 0 Å². The zero-order valence-corrected chi connectivity index (χ0v) is 41.1. The van der Waals surface area contributed by atoms with Crippen molar-refractivity contribution < 1.29 is 28.6 Å². The zero-order chi connectivity index (χ0) is 44.0. The fourth-order valence-electron chi connectivity index (χ4n) is 8.13. The summed E-state index contributed by atoms with van der Waals surface area (Å²) in [4.78, 5) is 38.0. The molecule has 0 heterocycles. The van der Waals surface area contributed by atoms with E-state index in [9.17, 15) is 14.4 Å². The molecule has 0 aromatic carbocycles. The summed E-state index contributed by atoms with van der Waals surface area (Å²) in [5.41, 5.74) is 0. The van der Waals surface area contributed by atoms with Gasteiger partial charge in [-0.1, -0.05) is 259 Å². The summed E-state index contributed by atoms with van der Waals surface area (Å²) in [5, 5.41) is 0. The summed E-state index contributed by atoms with van der Waals surface area (Å²) in [6.45, 7) is 11.4. The van der Waals surface area contributed by atoms with Crippen LogP contribution < -0.4 is 0 Å². The van der Waals surface area contributed by atoms with Crippen LogP contribution in [0.25, 0.3) is 0 Å². The highest BCUT2D eigenvalue weighted by atomic mass is 16.6. The largest absolute Gasteiger partial charge is 0.462 e. The first-order valence-electron chi connectivity index (χ1n) is 26.8. The van der Waals surface area contributed by atoms with Crippen molar-refractivity contribution >= 4 is 17.9 Å². The lowest BCUT2D eigenvalue weighted by molar-refractivity contribution is -0.167. The van der Waals surface area contributed by atoms with Crippen molar-refractivity contribution in [2.24, 2.45) is 11.8 Å². The lowest BCUT2D eigenvalue weighted by Crippen LogP contribution is -2.30. The number of hydrogen-bond donors (Lipinski definition) is 0. The molecule has 0 aromatic rings. The van der Waals surface area contributed by atoms with E-state index in [1.165, 1.54) is 186 Å². The maximum absolute atomic E-state index is 12.8. The lowest BCUT2D eigenvalue weighted by Gasteiger charge is -2.18. The second-order valence-corrected chi connectivity index (χ2v) is 19.2. The van der Waals surface area contributed by atoms with Gasteiger partial charge in [-0.3, -0.25) is 14.4 Å². The van der Waals surface area contributed by atoms with E-state index in [0.717, 1.165) is 69.6 Å². The fourth-order valence-corrected chi connectivity index (χ4v) is 8.13. The van der Waals surface area contributed by atoms with Crippen molar-refractivity contribution in [3.63, 3.8) is 0 Å². The summed E-state index contributed by atoms with van der Waals surface area (Å²) in [7, 11) is 0. The molecule has 0 N–H and O–H groups in total. The molecule has 0 bridgehead atoms. The van der Waals surface area contributed by atoms with E-state index in [1.807, 2.05) is 0 Å². The second-order valence-electron chi connectivity index (χ2n) is 19.2. The molecule has 0 spiro atoms. The maximum Gasteiger partial charge on any atom is 0.306 e. The molecule has 0 amide bonds. The highest BCUT2D eigenvalue weighted by Crippen LogP contribution is 2.18. The molecule has 6 nitrogen and oxygen atoms in total. The van der Waals surface area contributed by atoms with Gasteiger partial charge in [0.15, 0.2) is 6.10 Å². The van der Waals surface area contributed by atoms with Crippen LogP contribution in [0.4, 0.5) is 0 Å². The van der Waals surface area contributed by atoms with Crippen molar-refractivity contribution in [1.29, 1.82) is 0 Å². The second kappa shape index (κ2) is 46.9. The molecular weight excluding hydrogens is 745 g/mol. The third kappa shape index (κ3) is 45.9. The van der Waals surface area contributed by atoms with Crippen LogP contribution in [0, 0.1) is 11.8 Å². The lowest BCUT2D eigenvalue weighted by atomic mass is 9.99. The average molecular weight is 849 g/mol. The van der Waals surface area contributed by atoms with Crippen LogP contribution in [0.3, 0.4) is 0 Å². The molecule has 0 rings (SSSR count). The van der Waals surface area contributed by atoms with Gasteiger partial charge >= 0.3 is 17.9 Å². The molecule has 0 aromatic heterocycles. The van der Waals surface area contributed by atoms with Crippen molar-refractivity contribution in [2.75, 3.05) is 13.2 Å². The number of hydrogen-bond acceptors (Lipinski definition) is 6. The predicted octanol–water partition coefficient (Wildman–Crippen LogP) is 17.3. The maximum atomic E-state index is 12.8. The molecule has 0 aliphatic heterocycles. The van der Waals surface area contributed by atoms with Crippen LogP contribution in [0.5, 0.6) is 0 Å². The van der Waals surface area contributed by atoms with Gasteiger partial charge in [0.1, 0.15) is 13.2 Å². The van der Waals surface area contributed by atoms with Gasteiger partial charge in [-0.25, -0.2) is 0 Å². The quantitative estimate of drug-likeness (QED) is 0.0345. The van der Waals surface area contributed by atoms with Gasteiger partial charge in [-0.15, -0.1) is 0 Å². The minimum atomic E-state index is -0.762. The van der Waals surface area contributed by atoms with Gasteiger partial charge < -0.3 is 14.2 Å². The summed E-state index contributed by atoms with van der Waals surface area (Å²) in [6.07, 6.45) is 48.0. The molecule has 6 heteroatoms. The van der Waals surface area contributed by atoms with E-state index in [4.69, 9.17) is 14.2 Å². The van der Waals surface area contributed by atoms with Gasteiger partial charge in [-0.05, 0) is 31.1 Å². The van der Waals surface area contributed by atoms with E-state index >= 15 is 0 Å². The van der Waals surface area contributed by atoms with Crippen molar-refractivity contribution in [1.82, 2.24) is 0 Å². The third-order valence-electron chi connectivity index (χ3n) is 12.6. The Morgan fingerprint density at radius 3 is 0.950 bits per heavy atom. The van der Waals surface area contributed by atoms with E-state index in [1.54, 1.807) is 0 Å². The normalized spacial score (nSPS) is 12.5. The van der Waals surface area contributed by atoms with Crippen LogP contribution >= 0.6 is 0 Å². The standard InChI is InChI=1S/C54H104O6/c1-6-8-9-10-11-12-13-14-17-20-23-29-34-39-44-52(55)58-47-51(60-54(57)46-41-36-31-26-25-28-33-38-43-50(5)7-2)48-59-53(56)45-40-35-30-24-21-18-15-16-19-22-27-32-37-42-49(3)4/h49-51H,6-48H2,1-5H3/t50?,51-/m0/s1. The molecular formula is C54H104O6. The Bertz CT molecular complexity index is 918. The van der Waals surface area contributed by atoms with Gasteiger partial charge in [0.05, 0.1) is 0 Å². The highest BCUT2D eigenvalue weighted by molar-refractivity contribution is 5.71. The van der Waals surface area contributed by atoms with Crippen LogP contribution in [-0.4, -0.2) is 37.2 Å². The topological polar surface area (TPSA) is 78.9 Å². The first-order valence-corrected chi connectivity index (χ1v) is 26.8. The van der Waals surface area contributed by atoms with Crippen LogP contribution in [0.15, 0.2) is 0 Å². The molecule has 0 saturated heterocycles. The van der Waals surface area contributed by atoms with Gasteiger partial charge in [0.2, 0.25) is 0 Å². The number of carbonyl (C=O) groups is 3. The summed E-state index contributed by atoms with van der Waals surface area (Å²) in [5.74, 6) is 0.838. The highest BCUT2D eigenvalue weighted by Gasteiger charge is 2.19. The average Bonchev–Trinajstić information content (AvgIpc) is 3.23. The number of unbranched alkanes of at least 4 members (excludes halogenated alkanes) is 32. The molecule has 356 valence electrons. The predicted molar refractivity (Wildman–Crippen MR) is 256 cm³/mol. The van der Waals surface area contributed by atoms with E-state index in [0.29, 0.717) is 19.3 Å². The Hall–Kier alpha value is -1.59. The zero-order valence-electron chi connectivity index (χ0n) is 41.1. The molecule has 0 radical (unpaired) electrons. The minimum absolute atomic E-state index is 0.0637. The van der Waals surface area contributed by atoms with Crippen molar-refractivity contribution in [2.45, 2.75) is 304 Å². The first-order chi connectivity index (χ1) is 29.3. The molecule has 0 saturated carbocycles. The van der Waals surface area contributed by atoms with E-state index < -0.39 is 6.10 Å². The molecule has 60 heavy (non-hydrogen) atoms. The molecule has 1 unspecified atom stereocenters. The van der Waals surface area contributed by atoms with E-state index in [-0.39, 0.29) is 31.1 Å². The van der Waals surface area contributed by atoms with Crippen molar-refractivity contribution in [3.05, 3.63) is 0 Å². The summed E-state index contributed by atoms with van der Waals surface area (Å²) < 4.78 is 16.8. The van der Waals surface area contributed by atoms with Crippen LogP contribution in [-0.2, 0) is 28.6 Å². The monoisotopic (exact) mass is 849 g/mol. The first kappa shape index (κ1) is 58.4. The van der Waals surface area contributed by atoms with Crippen LogP contribution in [0.2, 0.25) is 0 Å². The van der Waals surface area contributed by atoms with Gasteiger partial charge in [0, 0.05) is 19.3 Å². The smallest absolute Gasteiger partial charge is 0.306 e. The molecule has 0 fully saturated rings. The molecule has 0 aliphatic rings. The Labute approximate surface area is 374 Å². The van der Waals surface area contributed by atoms with Gasteiger partial charge in [0.25, 0.3) is 0 Å². The Balaban J connectivity index is 4.30. The summed E-state index contributed by atoms with van der Waals surface area (Å²) >= 11 is 0. The Kier molecular flexibility index (Phi) is 45.7. The van der Waals surface area contributed by atoms with Gasteiger partial charge in [-0.2, -0.15) is 0 Å². The third-order valence-corrected chi connectivity index (χ3v) is 12.6. The number of rotatable bonds is 48. The SMILES string of the molecule is CCCCCCCCCCCCCCCCC(=O)OC[C@@H](COC(=O)CCCCCCCCCCCCCCCC(C)C)OC(=O)CCCCCCCCCCC(C)CC. The molecule has 0 aliphatic carbocycles. The summed E-state index contributed by atoms with van der Waals surface area (Å²) in [6, 6.07) is 0. The Morgan fingerprint density at radius 2 is 0.633 bits per heavy atom. The molecule has 2 atom stereocenters. The van der Waals surface area contributed by atoms with E-state index in [2.05, 4.69) is 34.6 Å². The number of esters is 3. The Morgan fingerprint density at radius 1 is 0.350 bits per heavy atom. The number of carbonyl (C=O) groups excluding carboxylic acids is 3. The fraction of sp³-hybridized carbons (Fsp3) is 0.944.